The molecule has 2 aromatic carbocycles. The maximum atomic E-state index is 12.6. The lowest BCUT2D eigenvalue weighted by Crippen LogP contribution is -2.15. The van der Waals surface area contributed by atoms with Crippen molar-refractivity contribution in [2.45, 2.75) is 24.3 Å². The fraction of sp³-hybridized carbons (Fsp3) is 0.211. The molecule has 0 aliphatic carbocycles. The lowest BCUT2D eigenvalue weighted by molar-refractivity contribution is 0.581. The zero-order valence-electron chi connectivity index (χ0n) is 13.0. The summed E-state index contributed by atoms with van der Waals surface area (Å²) < 4.78 is 25.2. The number of fused-ring (bicyclic) bond motifs is 1. The van der Waals surface area contributed by atoms with E-state index >= 15 is 0 Å². The maximum absolute atomic E-state index is 12.6. The van der Waals surface area contributed by atoms with Crippen LogP contribution in [0.15, 0.2) is 71.9 Å². The number of aromatic nitrogens is 1. The minimum atomic E-state index is -3.38. The number of sulfone groups is 1. The van der Waals surface area contributed by atoms with E-state index in [1.54, 1.807) is 18.2 Å². The second kappa shape index (κ2) is 6.50. The summed E-state index contributed by atoms with van der Waals surface area (Å²) in [6.07, 6.45) is 2.29. The summed E-state index contributed by atoms with van der Waals surface area (Å²) in [5.74, 6) is 0.0467. The minimum Gasteiger partial charge on any atom is -0.245 e. The van der Waals surface area contributed by atoms with Crippen molar-refractivity contribution in [3.63, 3.8) is 0 Å². The zero-order chi connectivity index (χ0) is 16.3. The van der Waals surface area contributed by atoms with E-state index < -0.39 is 9.84 Å². The van der Waals surface area contributed by atoms with E-state index in [0.29, 0.717) is 0 Å². The lowest BCUT2D eigenvalue weighted by atomic mass is 9.96. The normalized spacial score (nSPS) is 13.1. The van der Waals surface area contributed by atoms with Crippen LogP contribution in [0, 0.1) is 0 Å². The number of hydrogen-bond acceptors (Lipinski definition) is 3. The fourth-order valence-corrected chi connectivity index (χ4v) is 4.43. The summed E-state index contributed by atoms with van der Waals surface area (Å²) >= 11 is 0. The Morgan fingerprint density at radius 3 is 2.39 bits per heavy atom. The van der Waals surface area contributed by atoms with Gasteiger partial charge in [-0.05, 0) is 40.8 Å². The van der Waals surface area contributed by atoms with Crippen LogP contribution in [0.1, 0.15) is 24.8 Å². The van der Waals surface area contributed by atoms with Gasteiger partial charge in [-0.15, -0.1) is 0 Å². The molecule has 118 valence electrons. The van der Waals surface area contributed by atoms with Gasteiger partial charge in [-0.2, -0.15) is 0 Å². The highest BCUT2D eigenvalue weighted by Gasteiger charge is 2.22. The molecule has 3 rings (SSSR count). The first kappa shape index (κ1) is 15.7. The largest absolute Gasteiger partial charge is 0.245 e. The van der Waals surface area contributed by atoms with Crippen molar-refractivity contribution < 1.29 is 8.42 Å². The second-order valence-corrected chi connectivity index (χ2v) is 7.64. The van der Waals surface area contributed by atoms with Crippen LogP contribution >= 0.6 is 0 Å². The van der Waals surface area contributed by atoms with Crippen molar-refractivity contribution in [3.8, 4) is 0 Å². The molecule has 0 unspecified atom stereocenters. The predicted octanol–water partition coefficient (Wildman–Crippen LogP) is 4.20. The highest BCUT2D eigenvalue weighted by atomic mass is 32.2. The van der Waals surface area contributed by atoms with Gasteiger partial charge in [-0.3, -0.25) is 0 Å². The third-order valence-corrected chi connectivity index (χ3v) is 5.83. The second-order valence-electron chi connectivity index (χ2n) is 5.66. The average molecular weight is 325 g/mol. The van der Waals surface area contributed by atoms with E-state index in [1.165, 1.54) is 11.6 Å². The van der Waals surface area contributed by atoms with Crippen molar-refractivity contribution in [2.75, 3.05) is 5.75 Å². The fourth-order valence-electron chi connectivity index (χ4n) is 2.79. The molecule has 0 N–H and O–H groups in total. The molecule has 3 aromatic rings. The van der Waals surface area contributed by atoms with E-state index in [0.717, 1.165) is 17.4 Å². The molecule has 0 aliphatic rings. The summed E-state index contributed by atoms with van der Waals surface area (Å²) in [6, 6.07) is 19.3. The number of pyridine rings is 1. The lowest BCUT2D eigenvalue weighted by Gasteiger charge is -2.16. The van der Waals surface area contributed by atoms with Gasteiger partial charge in [0.05, 0.1) is 5.75 Å². The summed E-state index contributed by atoms with van der Waals surface area (Å²) in [7, 11) is -3.38. The summed E-state index contributed by atoms with van der Waals surface area (Å²) in [4.78, 5) is 3.99. The van der Waals surface area contributed by atoms with Gasteiger partial charge >= 0.3 is 0 Å². The SMILES string of the molecule is CC[C@@H](CS(=O)(=O)c1ccccn1)c1ccc2ccccc2c1. The third kappa shape index (κ3) is 3.42. The molecule has 0 spiro atoms. The Balaban J connectivity index is 1.92. The molecule has 1 aromatic heterocycles. The molecule has 1 atom stereocenters. The molecular weight excluding hydrogens is 306 g/mol. The molecule has 0 aliphatic heterocycles. The van der Waals surface area contributed by atoms with E-state index in [2.05, 4.69) is 29.2 Å². The Hall–Kier alpha value is -2.20. The monoisotopic (exact) mass is 325 g/mol. The number of rotatable bonds is 5. The smallest absolute Gasteiger partial charge is 0.196 e. The van der Waals surface area contributed by atoms with Crippen LogP contribution in [-0.4, -0.2) is 19.2 Å². The highest BCUT2D eigenvalue weighted by molar-refractivity contribution is 7.91. The van der Waals surface area contributed by atoms with Crippen molar-refractivity contribution in [1.29, 1.82) is 0 Å². The molecule has 23 heavy (non-hydrogen) atoms. The average Bonchev–Trinajstić information content (AvgIpc) is 2.60. The van der Waals surface area contributed by atoms with Crippen molar-refractivity contribution in [1.82, 2.24) is 4.98 Å². The van der Waals surface area contributed by atoms with Gasteiger partial charge < -0.3 is 0 Å². The molecular formula is C19H19NO2S. The number of nitrogens with zero attached hydrogens (tertiary/aromatic N) is 1. The summed E-state index contributed by atoms with van der Waals surface area (Å²) in [5, 5.41) is 2.46. The maximum Gasteiger partial charge on any atom is 0.196 e. The van der Waals surface area contributed by atoms with Gasteiger partial charge in [0, 0.05) is 6.20 Å². The first-order valence-corrected chi connectivity index (χ1v) is 9.38. The molecule has 0 bridgehead atoms. The Kier molecular flexibility index (Phi) is 4.44. The van der Waals surface area contributed by atoms with E-state index in [4.69, 9.17) is 0 Å². The molecule has 3 nitrogen and oxygen atoms in total. The van der Waals surface area contributed by atoms with E-state index in [1.807, 2.05) is 25.1 Å². The first-order valence-electron chi connectivity index (χ1n) is 7.72. The Bertz CT molecular complexity index is 905. The third-order valence-electron chi connectivity index (χ3n) is 4.11. The number of hydrogen-bond donors (Lipinski definition) is 0. The molecule has 0 saturated carbocycles. The van der Waals surface area contributed by atoms with Crippen LogP contribution < -0.4 is 0 Å². The number of benzene rings is 2. The van der Waals surface area contributed by atoms with Crippen molar-refractivity contribution in [2.24, 2.45) is 0 Å². The van der Waals surface area contributed by atoms with Gasteiger partial charge in [-0.1, -0.05) is 55.5 Å². The summed E-state index contributed by atoms with van der Waals surface area (Å²) in [5.41, 5.74) is 1.06. The molecule has 0 fully saturated rings. The van der Waals surface area contributed by atoms with Gasteiger partial charge in [-0.25, -0.2) is 13.4 Å². The summed E-state index contributed by atoms with van der Waals surface area (Å²) in [6.45, 7) is 2.02. The van der Waals surface area contributed by atoms with Crippen LogP contribution in [0.5, 0.6) is 0 Å². The van der Waals surface area contributed by atoms with Crippen LogP contribution in [0.3, 0.4) is 0 Å². The van der Waals surface area contributed by atoms with Gasteiger partial charge in [0.15, 0.2) is 14.9 Å². The molecule has 1 heterocycles. The van der Waals surface area contributed by atoms with Crippen molar-refractivity contribution in [3.05, 3.63) is 72.4 Å². The molecule has 0 saturated heterocycles. The van der Waals surface area contributed by atoms with Crippen LogP contribution in [0.4, 0.5) is 0 Å². The van der Waals surface area contributed by atoms with E-state index in [9.17, 15) is 8.42 Å². The standard InChI is InChI=1S/C19H19NO2S/c1-2-15(14-23(21,22)19-9-5-6-12-20-19)18-11-10-16-7-3-4-8-17(16)13-18/h3-13,15H,2,14H2,1H3/t15-/m0/s1. The van der Waals surface area contributed by atoms with E-state index in [-0.39, 0.29) is 16.7 Å². The highest BCUT2D eigenvalue weighted by Crippen LogP contribution is 2.27. The molecule has 4 heteroatoms. The topological polar surface area (TPSA) is 47.0 Å². The van der Waals surface area contributed by atoms with Crippen LogP contribution in [0.25, 0.3) is 10.8 Å². The van der Waals surface area contributed by atoms with Crippen LogP contribution in [-0.2, 0) is 9.84 Å². The Morgan fingerprint density at radius 1 is 0.957 bits per heavy atom. The Labute approximate surface area is 136 Å². The molecule has 0 radical (unpaired) electrons. The van der Waals surface area contributed by atoms with Gasteiger partial charge in [0.1, 0.15) is 0 Å². The first-order chi connectivity index (χ1) is 11.1. The predicted molar refractivity (Wildman–Crippen MR) is 93.3 cm³/mol. The van der Waals surface area contributed by atoms with Crippen molar-refractivity contribution >= 4 is 20.6 Å². The Morgan fingerprint density at radius 2 is 1.70 bits per heavy atom. The van der Waals surface area contributed by atoms with Gasteiger partial charge in [0.25, 0.3) is 0 Å². The molecule has 0 amide bonds. The zero-order valence-corrected chi connectivity index (χ0v) is 13.8. The van der Waals surface area contributed by atoms with Gasteiger partial charge in [0.2, 0.25) is 0 Å². The van der Waals surface area contributed by atoms with Crippen LogP contribution in [0.2, 0.25) is 0 Å². The minimum absolute atomic E-state index is 0.0355. The quantitative estimate of drug-likeness (QED) is 0.706.